The number of rotatable bonds is 8. The molecule has 1 aromatic heterocycles. The molecule has 1 aromatic carbocycles. The van der Waals surface area contributed by atoms with Gasteiger partial charge in [0.15, 0.2) is 5.78 Å². The van der Waals surface area contributed by atoms with E-state index in [0.717, 1.165) is 18.3 Å². The van der Waals surface area contributed by atoms with Crippen LogP contribution in [0, 0.1) is 11.2 Å². The molecule has 33 heavy (non-hydrogen) atoms. The third kappa shape index (κ3) is 5.19. The topological polar surface area (TPSA) is 68.3 Å². The number of ketones is 1. The summed E-state index contributed by atoms with van der Waals surface area (Å²) >= 11 is 5.61. The van der Waals surface area contributed by atoms with E-state index in [1.54, 1.807) is 0 Å². The predicted molar refractivity (Wildman–Crippen MR) is 112 cm³/mol. The first kappa shape index (κ1) is 23.2. The number of ether oxygens (including phenoxy) is 1. The molecule has 2 bridgehead atoms. The van der Waals surface area contributed by atoms with Crippen LogP contribution >= 0.6 is 11.6 Å². The minimum Gasteiger partial charge on any atom is -0.486 e. The SMILES string of the molecule is O=C(COc1ccc(Cl)c(F)c1)CC12CC(NC(=O)/C=C/c3ccc(C(F)(F)F)nc3)(C1)C2. The first-order valence-corrected chi connectivity index (χ1v) is 10.5. The van der Waals surface area contributed by atoms with Gasteiger partial charge in [-0.2, -0.15) is 13.2 Å². The summed E-state index contributed by atoms with van der Waals surface area (Å²) in [6.45, 7) is -0.175. The van der Waals surface area contributed by atoms with Crippen LogP contribution < -0.4 is 10.1 Å². The van der Waals surface area contributed by atoms with Crippen LogP contribution in [-0.2, 0) is 15.8 Å². The lowest BCUT2D eigenvalue weighted by Gasteiger charge is -2.70. The number of pyridine rings is 1. The molecule has 0 atom stereocenters. The van der Waals surface area contributed by atoms with Crippen molar-refractivity contribution in [2.75, 3.05) is 6.61 Å². The highest BCUT2D eigenvalue weighted by Gasteiger charge is 2.68. The van der Waals surface area contributed by atoms with Gasteiger partial charge in [-0.05, 0) is 54.5 Å². The summed E-state index contributed by atoms with van der Waals surface area (Å²) in [4.78, 5) is 27.8. The lowest BCUT2D eigenvalue weighted by molar-refractivity contribution is -0.171. The highest BCUT2D eigenvalue weighted by atomic mass is 35.5. The van der Waals surface area contributed by atoms with Crippen LogP contribution in [0.2, 0.25) is 5.02 Å². The number of halogens is 5. The molecule has 0 aliphatic heterocycles. The van der Waals surface area contributed by atoms with Gasteiger partial charge in [0, 0.05) is 30.3 Å². The molecule has 5 nitrogen and oxygen atoms in total. The first-order valence-electron chi connectivity index (χ1n) is 10.1. The van der Waals surface area contributed by atoms with Gasteiger partial charge >= 0.3 is 6.18 Å². The van der Waals surface area contributed by atoms with Gasteiger partial charge in [-0.3, -0.25) is 14.6 Å². The number of nitrogens with zero attached hydrogens (tertiary/aromatic N) is 1. The summed E-state index contributed by atoms with van der Waals surface area (Å²) in [6.07, 6.45) is 1.50. The van der Waals surface area contributed by atoms with Crippen molar-refractivity contribution in [3.63, 3.8) is 0 Å². The lowest BCUT2D eigenvalue weighted by atomic mass is 9.38. The fourth-order valence-electron chi connectivity index (χ4n) is 4.66. The molecule has 3 aliphatic rings. The second-order valence-electron chi connectivity index (χ2n) is 8.69. The Balaban J connectivity index is 1.20. The summed E-state index contributed by atoms with van der Waals surface area (Å²) in [6, 6.07) is 6.05. The van der Waals surface area contributed by atoms with Crippen molar-refractivity contribution in [1.82, 2.24) is 10.3 Å². The summed E-state index contributed by atoms with van der Waals surface area (Å²) in [7, 11) is 0. The van der Waals surface area contributed by atoms with Crippen molar-refractivity contribution in [3.05, 3.63) is 64.7 Å². The Labute approximate surface area is 191 Å². The number of Topliss-reactive ketones (excluding diaryl/α,β-unsaturated/α-hetero) is 1. The summed E-state index contributed by atoms with van der Waals surface area (Å²) < 4.78 is 56.4. The van der Waals surface area contributed by atoms with E-state index in [9.17, 15) is 27.2 Å². The van der Waals surface area contributed by atoms with Crippen LogP contribution in [0.4, 0.5) is 17.6 Å². The van der Waals surface area contributed by atoms with Crippen LogP contribution in [0.3, 0.4) is 0 Å². The zero-order chi connectivity index (χ0) is 23.9. The highest BCUT2D eigenvalue weighted by molar-refractivity contribution is 6.30. The number of amides is 1. The van der Waals surface area contributed by atoms with Crippen molar-refractivity contribution in [2.45, 2.75) is 37.4 Å². The molecule has 0 radical (unpaired) electrons. The van der Waals surface area contributed by atoms with E-state index in [-0.39, 0.29) is 40.0 Å². The zero-order valence-electron chi connectivity index (χ0n) is 17.2. The first-order chi connectivity index (χ1) is 15.5. The number of benzene rings is 1. The van der Waals surface area contributed by atoms with Gasteiger partial charge in [-0.15, -0.1) is 0 Å². The van der Waals surface area contributed by atoms with Gasteiger partial charge in [0.2, 0.25) is 5.91 Å². The molecule has 0 unspecified atom stereocenters. The normalized spacial score (nSPS) is 23.5. The molecule has 10 heteroatoms. The van der Waals surface area contributed by atoms with Gasteiger partial charge in [-0.1, -0.05) is 17.7 Å². The fourth-order valence-corrected chi connectivity index (χ4v) is 4.78. The largest absolute Gasteiger partial charge is 0.486 e. The van der Waals surface area contributed by atoms with E-state index < -0.39 is 17.7 Å². The second kappa shape index (κ2) is 8.44. The molecule has 1 N–H and O–H groups in total. The van der Waals surface area contributed by atoms with E-state index in [2.05, 4.69) is 10.3 Å². The maximum absolute atomic E-state index is 13.4. The minimum atomic E-state index is -4.51. The molecule has 0 spiro atoms. The molecule has 3 fully saturated rings. The van der Waals surface area contributed by atoms with Crippen molar-refractivity contribution in [3.8, 4) is 5.75 Å². The zero-order valence-corrected chi connectivity index (χ0v) is 18.0. The second-order valence-corrected chi connectivity index (χ2v) is 9.10. The maximum atomic E-state index is 13.4. The van der Waals surface area contributed by atoms with Crippen LogP contribution in [0.5, 0.6) is 5.75 Å². The molecule has 3 aliphatic carbocycles. The average molecular weight is 483 g/mol. The van der Waals surface area contributed by atoms with Crippen LogP contribution in [0.15, 0.2) is 42.6 Å². The molecule has 5 rings (SSSR count). The van der Waals surface area contributed by atoms with E-state index in [1.807, 2.05) is 0 Å². The predicted octanol–water partition coefficient (Wildman–Crippen LogP) is 4.98. The molecule has 1 amide bonds. The van der Waals surface area contributed by atoms with Gasteiger partial charge in [0.25, 0.3) is 0 Å². The lowest BCUT2D eigenvalue weighted by Crippen LogP contribution is -2.74. The summed E-state index contributed by atoms with van der Waals surface area (Å²) in [5.74, 6) is -0.869. The van der Waals surface area contributed by atoms with Gasteiger partial charge in [-0.25, -0.2) is 4.39 Å². The molecule has 3 saturated carbocycles. The number of carbonyl (C=O) groups is 2. The van der Waals surface area contributed by atoms with Gasteiger partial charge < -0.3 is 10.1 Å². The Kier molecular flexibility index (Phi) is 5.94. The van der Waals surface area contributed by atoms with Gasteiger partial charge in [0.05, 0.1) is 5.02 Å². The van der Waals surface area contributed by atoms with Crippen LogP contribution in [-0.4, -0.2) is 28.8 Å². The number of hydrogen-bond donors (Lipinski definition) is 1. The summed E-state index contributed by atoms with van der Waals surface area (Å²) in [5.41, 5.74) is -1.12. The number of alkyl halides is 3. The third-order valence-electron chi connectivity index (χ3n) is 5.90. The number of nitrogens with one attached hydrogen (secondary N) is 1. The molecule has 174 valence electrons. The summed E-state index contributed by atoms with van der Waals surface area (Å²) in [5, 5.41) is 2.88. The van der Waals surface area contributed by atoms with Crippen LogP contribution in [0.25, 0.3) is 6.08 Å². The van der Waals surface area contributed by atoms with Crippen LogP contribution in [0.1, 0.15) is 36.9 Å². The monoisotopic (exact) mass is 482 g/mol. The molecular formula is C23H19ClF4N2O3. The Morgan fingerprint density at radius 2 is 1.91 bits per heavy atom. The average Bonchev–Trinajstić information content (AvgIpc) is 2.70. The highest BCUT2D eigenvalue weighted by Crippen LogP contribution is 2.69. The molecule has 2 aromatic rings. The van der Waals surface area contributed by atoms with Crippen molar-refractivity contribution >= 4 is 29.4 Å². The molecular weight excluding hydrogens is 464 g/mol. The Morgan fingerprint density at radius 1 is 1.18 bits per heavy atom. The van der Waals surface area contributed by atoms with Gasteiger partial charge in [0.1, 0.15) is 23.9 Å². The Morgan fingerprint density at radius 3 is 2.52 bits per heavy atom. The standard InChI is InChI=1S/C23H19ClF4N2O3/c24-17-4-3-16(7-18(17)25)33-10-15(31)8-21-11-22(12-21,13-21)30-20(32)6-2-14-1-5-19(29-9-14)23(26,27)28/h1-7,9H,8,10-13H2,(H,30,32)/b6-2+. The van der Waals surface area contributed by atoms with Crippen molar-refractivity contribution in [1.29, 1.82) is 0 Å². The Bertz CT molecular complexity index is 1100. The minimum absolute atomic E-state index is 0.0271. The molecule has 0 saturated heterocycles. The smallest absolute Gasteiger partial charge is 0.433 e. The number of aromatic nitrogens is 1. The fraction of sp³-hybridized carbons (Fsp3) is 0.348. The number of carbonyl (C=O) groups excluding carboxylic acids is 2. The van der Waals surface area contributed by atoms with E-state index in [0.29, 0.717) is 31.2 Å². The van der Waals surface area contributed by atoms with Crippen molar-refractivity contribution < 1.29 is 31.9 Å². The number of hydrogen-bond acceptors (Lipinski definition) is 4. The maximum Gasteiger partial charge on any atom is 0.433 e. The van der Waals surface area contributed by atoms with E-state index >= 15 is 0 Å². The van der Waals surface area contributed by atoms with E-state index in [4.69, 9.17) is 16.3 Å². The van der Waals surface area contributed by atoms with Crippen molar-refractivity contribution in [2.24, 2.45) is 5.41 Å². The molecule has 1 heterocycles. The van der Waals surface area contributed by atoms with E-state index in [1.165, 1.54) is 30.4 Å². The third-order valence-corrected chi connectivity index (χ3v) is 6.20. The quantitative estimate of drug-likeness (QED) is 0.425. The Hall–Kier alpha value is -2.94.